The third kappa shape index (κ3) is 3.90. The summed E-state index contributed by atoms with van der Waals surface area (Å²) >= 11 is 0. The molecule has 0 aliphatic rings. The Hall–Kier alpha value is -4.19. The molecule has 0 aliphatic heterocycles. The van der Waals surface area contributed by atoms with Crippen molar-refractivity contribution in [3.63, 3.8) is 0 Å². The topological polar surface area (TPSA) is 70.7 Å². The molecule has 2 aromatic heterocycles. The molecule has 5 rings (SSSR count). The van der Waals surface area contributed by atoms with Gasteiger partial charge >= 0.3 is 0 Å². The number of aromatic nitrogens is 3. The fourth-order valence-electron chi connectivity index (χ4n) is 3.74. The number of imidazole rings is 1. The minimum Gasteiger partial charge on any atom is -0.508 e. The van der Waals surface area contributed by atoms with E-state index in [0.29, 0.717) is 29.9 Å². The number of hydrogen-bond donors (Lipinski definition) is 2. The second-order valence-corrected chi connectivity index (χ2v) is 7.66. The van der Waals surface area contributed by atoms with E-state index < -0.39 is 0 Å². The highest BCUT2D eigenvalue weighted by Crippen LogP contribution is 2.29. The van der Waals surface area contributed by atoms with Crippen molar-refractivity contribution in [3.8, 4) is 22.9 Å². The Kier molecular flexibility index (Phi) is 5.03. The van der Waals surface area contributed by atoms with Crippen molar-refractivity contribution in [3.05, 3.63) is 113 Å². The van der Waals surface area contributed by atoms with E-state index in [0.717, 1.165) is 22.4 Å². The van der Waals surface area contributed by atoms with Crippen molar-refractivity contribution in [2.24, 2.45) is 0 Å². The fraction of sp³-hybridized carbons (Fsp3) is 0.0769. The molecule has 0 atom stereocenters. The number of halogens is 1. The highest BCUT2D eigenvalue weighted by molar-refractivity contribution is 5.64. The molecule has 0 saturated heterocycles. The predicted octanol–water partition coefficient (Wildman–Crippen LogP) is 5.13. The molecule has 0 amide bonds. The minimum absolute atomic E-state index is 0.0288. The van der Waals surface area contributed by atoms with Crippen LogP contribution in [0.15, 0.2) is 85.1 Å². The van der Waals surface area contributed by atoms with Gasteiger partial charge in [-0.05, 0) is 47.5 Å². The van der Waals surface area contributed by atoms with Crippen molar-refractivity contribution in [1.29, 1.82) is 0 Å². The second-order valence-electron chi connectivity index (χ2n) is 7.66. The number of rotatable bonds is 5. The van der Waals surface area contributed by atoms with Crippen LogP contribution in [-0.2, 0) is 12.8 Å². The first-order chi connectivity index (χ1) is 15.6. The van der Waals surface area contributed by atoms with Crippen molar-refractivity contribution < 1.29 is 14.6 Å². The third-order valence-electron chi connectivity index (χ3n) is 5.38. The molecule has 0 saturated carbocycles. The number of fused-ring (bicyclic) bond motifs is 1. The largest absolute Gasteiger partial charge is 0.508 e. The Morgan fingerprint density at radius 3 is 2.09 bits per heavy atom. The smallest absolute Gasteiger partial charge is 0.219 e. The number of hydrogen-bond acceptors (Lipinski definition) is 4. The Labute approximate surface area is 184 Å². The lowest BCUT2D eigenvalue weighted by Crippen LogP contribution is -2.00. The van der Waals surface area contributed by atoms with Gasteiger partial charge in [0.05, 0.1) is 11.4 Å². The van der Waals surface area contributed by atoms with Gasteiger partial charge in [-0.3, -0.25) is 4.40 Å². The van der Waals surface area contributed by atoms with Gasteiger partial charge in [0, 0.05) is 24.6 Å². The van der Waals surface area contributed by atoms with Gasteiger partial charge in [-0.15, -0.1) is 0 Å². The lowest BCUT2D eigenvalue weighted by Gasteiger charge is -2.08. The van der Waals surface area contributed by atoms with Crippen LogP contribution < -0.4 is 0 Å². The Balaban J connectivity index is 1.63. The van der Waals surface area contributed by atoms with Gasteiger partial charge in [0.2, 0.25) is 5.88 Å². The van der Waals surface area contributed by atoms with Crippen molar-refractivity contribution in [2.45, 2.75) is 12.8 Å². The number of phenolic OH excluding ortho intramolecular Hbond substituents is 1. The Morgan fingerprint density at radius 2 is 1.38 bits per heavy atom. The third-order valence-corrected chi connectivity index (χ3v) is 5.38. The first-order valence-corrected chi connectivity index (χ1v) is 10.2. The lowest BCUT2D eigenvalue weighted by atomic mass is 10.1. The van der Waals surface area contributed by atoms with Crippen LogP contribution in [0.4, 0.5) is 4.39 Å². The maximum Gasteiger partial charge on any atom is 0.219 e. The first kappa shape index (κ1) is 19.8. The Bertz CT molecular complexity index is 1380. The molecule has 2 N–H and O–H groups in total. The average Bonchev–Trinajstić information content (AvgIpc) is 3.12. The zero-order valence-corrected chi connectivity index (χ0v) is 17.1. The number of nitrogens with zero attached hydrogens (tertiary/aromatic N) is 3. The number of benzene rings is 3. The molecule has 0 unspecified atom stereocenters. The van der Waals surface area contributed by atoms with Gasteiger partial charge in [-0.25, -0.2) is 14.4 Å². The molecule has 5 aromatic rings. The molecular formula is C26H20FN3O2. The number of aromatic hydroxyl groups is 2. The molecule has 0 radical (unpaired) electrons. The summed E-state index contributed by atoms with van der Waals surface area (Å²) in [5.74, 6) is -0.103. The lowest BCUT2D eigenvalue weighted by molar-refractivity contribution is 0.442. The average molecular weight is 425 g/mol. The normalized spacial score (nSPS) is 11.2. The minimum atomic E-state index is -0.305. The summed E-state index contributed by atoms with van der Waals surface area (Å²) in [6.07, 6.45) is 2.66. The summed E-state index contributed by atoms with van der Waals surface area (Å²) in [5, 5.41) is 20.6. The zero-order chi connectivity index (χ0) is 22.1. The summed E-state index contributed by atoms with van der Waals surface area (Å²) in [4.78, 5) is 9.54. The van der Waals surface area contributed by atoms with E-state index in [9.17, 15) is 14.6 Å². The molecule has 0 bridgehead atoms. The van der Waals surface area contributed by atoms with E-state index in [1.54, 1.807) is 47.0 Å². The highest BCUT2D eigenvalue weighted by Gasteiger charge is 2.18. The van der Waals surface area contributed by atoms with Crippen LogP contribution in [0.3, 0.4) is 0 Å². The first-order valence-electron chi connectivity index (χ1n) is 10.2. The quantitative estimate of drug-likeness (QED) is 0.410. The zero-order valence-electron chi connectivity index (χ0n) is 17.1. The van der Waals surface area contributed by atoms with E-state index >= 15 is 0 Å². The van der Waals surface area contributed by atoms with E-state index in [2.05, 4.69) is 0 Å². The van der Waals surface area contributed by atoms with Gasteiger partial charge in [0.25, 0.3) is 0 Å². The second kappa shape index (κ2) is 8.15. The molecular weight excluding hydrogens is 405 g/mol. The molecule has 32 heavy (non-hydrogen) atoms. The number of phenols is 1. The summed E-state index contributed by atoms with van der Waals surface area (Å²) in [6, 6.07) is 22.9. The van der Waals surface area contributed by atoms with E-state index in [1.165, 1.54) is 12.1 Å². The molecule has 0 fully saturated rings. The van der Waals surface area contributed by atoms with Gasteiger partial charge in [0.1, 0.15) is 17.3 Å². The van der Waals surface area contributed by atoms with Gasteiger partial charge in [0.15, 0.2) is 5.65 Å². The van der Waals surface area contributed by atoms with Crippen LogP contribution in [-0.4, -0.2) is 24.6 Å². The van der Waals surface area contributed by atoms with E-state index in [-0.39, 0.29) is 17.4 Å². The van der Waals surface area contributed by atoms with E-state index in [1.807, 2.05) is 30.3 Å². The maximum atomic E-state index is 13.3. The van der Waals surface area contributed by atoms with Crippen LogP contribution in [0.5, 0.6) is 11.6 Å². The van der Waals surface area contributed by atoms with Crippen LogP contribution in [0.2, 0.25) is 0 Å². The summed E-state index contributed by atoms with van der Waals surface area (Å²) in [7, 11) is 0. The van der Waals surface area contributed by atoms with Gasteiger partial charge in [-0.2, -0.15) is 0 Å². The maximum absolute atomic E-state index is 13.3. The molecule has 0 spiro atoms. The Morgan fingerprint density at radius 1 is 0.719 bits per heavy atom. The van der Waals surface area contributed by atoms with Crippen LogP contribution in [0.1, 0.15) is 22.5 Å². The molecule has 158 valence electrons. The van der Waals surface area contributed by atoms with Crippen molar-refractivity contribution in [1.82, 2.24) is 14.4 Å². The SMILES string of the molecule is Oc1ccc(-c2cn3c(O)c(Cc4ccc(F)cc4)nc3c(Cc3ccccc3)n2)cc1. The summed E-state index contributed by atoms with van der Waals surface area (Å²) in [6.45, 7) is 0. The van der Waals surface area contributed by atoms with Crippen LogP contribution in [0.25, 0.3) is 16.9 Å². The molecule has 2 heterocycles. The fourth-order valence-corrected chi connectivity index (χ4v) is 3.74. The standard InChI is InChI=1S/C26H20FN3O2/c27-20-10-6-18(7-11-20)15-23-26(32)30-16-24(19-8-12-21(31)13-9-19)28-22(25(30)29-23)14-17-4-2-1-3-5-17/h1-13,16,31-32H,14-15H2. The van der Waals surface area contributed by atoms with Crippen molar-refractivity contribution in [2.75, 3.05) is 0 Å². The van der Waals surface area contributed by atoms with Gasteiger partial charge in [-0.1, -0.05) is 42.5 Å². The highest BCUT2D eigenvalue weighted by atomic mass is 19.1. The monoisotopic (exact) mass is 425 g/mol. The van der Waals surface area contributed by atoms with E-state index in [4.69, 9.17) is 9.97 Å². The summed E-state index contributed by atoms with van der Waals surface area (Å²) < 4.78 is 14.9. The van der Waals surface area contributed by atoms with Crippen LogP contribution >= 0.6 is 0 Å². The van der Waals surface area contributed by atoms with Crippen molar-refractivity contribution >= 4 is 5.65 Å². The predicted molar refractivity (Wildman–Crippen MR) is 120 cm³/mol. The van der Waals surface area contributed by atoms with Crippen LogP contribution in [0, 0.1) is 5.82 Å². The van der Waals surface area contributed by atoms with Gasteiger partial charge < -0.3 is 10.2 Å². The molecule has 6 heteroatoms. The molecule has 5 nitrogen and oxygen atoms in total. The molecule has 0 aliphatic carbocycles. The molecule has 3 aromatic carbocycles. The summed E-state index contributed by atoms with van der Waals surface area (Å²) in [5.41, 5.74) is 5.19.